The van der Waals surface area contributed by atoms with Crippen molar-refractivity contribution < 1.29 is 4.57 Å². The van der Waals surface area contributed by atoms with Crippen molar-refractivity contribution in [2.45, 2.75) is 37.8 Å². The summed E-state index contributed by atoms with van der Waals surface area (Å²) in [5, 5.41) is 0. The van der Waals surface area contributed by atoms with Crippen LogP contribution in [0.3, 0.4) is 0 Å². The molecule has 3 heterocycles. The lowest BCUT2D eigenvalue weighted by Crippen LogP contribution is -2.48. The van der Waals surface area contributed by atoms with E-state index in [9.17, 15) is 0 Å². The number of nitrogens with zero attached hydrogens (tertiary/aromatic N) is 3. The maximum atomic E-state index is 2.61. The summed E-state index contributed by atoms with van der Waals surface area (Å²) in [4.78, 5) is 2.61. The van der Waals surface area contributed by atoms with E-state index < -0.39 is 0 Å². The molecule has 2 bridgehead atoms. The summed E-state index contributed by atoms with van der Waals surface area (Å²) in [6.45, 7) is 4.81. The molecule has 20 heavy (non-hydrogen) atoms. The van der Waals surface area contributed by atoms with Gasteiger partial charge in [0.2, 0.25) is 0 Å². The Morgan fingerprint density at radius 2 is 2.10 bits per heavy atom. The van der Waals surface area contributed by atoms with E-state index in [4.69, 9.17) is 0 Å². The molecule has 1 saturated heterocycles. The van der Waals surface area contributed by atoms with Crippen molar-refractivity contribution in [3.63, 3.8) is 0 Å². The molecular weight excluding hydrogens is 246 g/mol. The highest BCUT2D eigenvalue weighted by atomic mass is 15.3. The zero-order valence-corrected chi connectivity index (χ0v) is 12.7. The smallest absolute Gasteiger partial charge is 0.277 e. The number of hydrogen-bond acceptors (Lipinski definition) is 1. The zero-order chi connectivity index (χ0) is 14.1. The van der Waals surface area contributed by atoms with E-state index in [2.05, 4.69) is 78.6 Å². The van der Waals surface area contributed by atoms with E-state index >= 15 is 0 Å². The maximum absolute atomic E-state index is 2.61. The average Bonchev–Trinajstić information content (AvgIpc) is 3.01. The second kappa shape index (κ2) is 3.66. The number of fused-ring (bicyclic) bond motifs is 5. The molecule has 104 valence electrons. The minimum absolute atomic E-state index is 0.282. The summed E-state index contributed by atoms with van der Waals surface area (Å²) < 4.78 is 4.55. The zero-order valence-electron chi connectivity index (χ0n) is 12.7. The highest BCUT2D eigenvalue weighted by Crippen LogP contribution is 2.58. The predicted molar refractivity (Wildman–Crippen MR) is 79.7 cm³/mol. The lowest BCUT2D eigenvalue weighted by Gasteiger charge is -2.34. The molecule has 4 rings (SSSR count). The van der Waals surface area contributed by atoms with E-state index in [1.807, 2.05) is 0 Å². The van der Waals surface area contributed by atoms with Crippen molar-refractivity contribution in [1.29, 1.82) is 0 Å². The molecule has 1 aliphatic heterocycles. The Morgan fingerprint density at radius 1 is 1.30 bits per heavy atom. The molecule has 0 spiro atoms. The molecule has 1 aliphatic carbocycles. The SMILES string of the molecule is CC1N(c2cccc[n+]2C)C2CC1(C)c1ccn(C)c12. The predicted octanol–water partition coefficient (Wildman–Crippen LogP) is 2.46. The summed E-state index contributed by atoms with van der Waals surface area (Å²) in [5.74, 6) is 1.32. The Hall–Kier alpha value is -1.77. The van der Waals surface area contributed by atoms with Gasteiger partial charge in [-0.3, -0.25) is 0 Å². The number of pyridine rings is 1. The van der Waals surface area contributed by atoms with E-state index in [-0.39, 0.29) is 5.41 Å². The van der Waals surface area contributed by atoms with Crippen LogP contribution < -0.4 is 9.47 Å². The summed E-state index contributed by atoms with van der Waals surface area (Å²) >= 11 is 0. The monoisotopic (exact) mass is 268 g/mol. The van der Waals surface area contributed by atoms with Gasteiger partial charge in [-0.15, -0.1) is 0 Å². The molecule has 2 aliphatic rings. The number of hydrogen-bond donors (Lipinski definition) is 0. The molecule has 2 aromatic heterocycles. The molecule has 0 saturated carbocycles. The van der Waals surface area contributed by atoms with Crippen LogP contribution >= 0.6 is 0 Å². The van der Waals surface area contributed by atoms with Crippen LogP contribution in [0.2, 0.25) is 0 Å². The number of aromatic nitrogens is 2. The molecule has 1 fully saturated rings. The largest absolute Gasteiger partial charge is 0.351 e. The Labute approximate surface area is 120 Å². The van der Waals surface area contributed by atoms with E-state index in [1.54, 1.807) is 5.56 Å². The highest BCUT2D eigenvalue weighted by Gasteiger charge is 2.61. The third-order valence-corrected chi connectivity index (χ3v) is 5.64. The normalized spacial score (nSPS) is 30.9. The standard InChI is InChI=1S/C17H22N3/c1-12-17(2)11-14(16-13(17)8-10-19(16)4)20(12)15-7-5-6-9-18(15)3/h5-10,12,14H,11H2,1-4H3/q+1. The summed E-state index contributed by atoms with van der Waals surface area (Å²) in [6.07, 6.45) is 5.60. The van der Waals surface area contributed by atoms with E-state index in [0.29, 0.717) is 12.1 Å². The Bertz CT molecular complexity index is 687. The van der Waals surface area contributed by atoms with Crippen molar-refractivity contribution in [2.75, 3.05) is 4.90 Å². The first-order chi connectivity index (χ1) is 9.54. The van der Waals surface area contributed by atoms with Gasteiger partial charge in [0, 0.05) is 31.1 Å². The van der Waals surface area contributed by atoms with Crippen molar-refractivity contribution in [3.8, 4) is 0 Å². The van der Waals surface area contributed by atoms with Gasteiger partial charge in [0.1, 0.15) is 12.1 Å². The van der Waals surface area contributed by atoms with E-state index in [1.165, 1.54) is 17.9 Å². The number of rotatable bonds is 1. The number of anilines is 1. The molecule has 3 nitrogen and oxygen atoms in total. The molecule has 0 radical (unpaired) electrons. The number of aryl methyl sites for hydroxylation is 2. The van der Waals surface area contributed by atoms with Gasteiger partial charge in [0.05, 0.1) is 18.9 Å². The summed E-state index contributed by atoms with van der Waals surface area (Å²) in [5.41, 5.74) is 3.35. The molecule has 2 aromatic rings. The fourth-order valence-corrected chi connectivity index (χ4v) is 4.39. The molecule has 3 atom stereocenters. The van der Waals surface area contributed by atoms with Crippen molar-refractivity contribution >= 4 is 5.82 Å². The molecule has 0 N–H and O–H groups in total. The quantitative estimate of drug-likeness (QED) is 0.724. The van der Waals surface area contributed by atoms with Crippen molar-refractivity contribution in [2.24, 2.45) is 14.1 Å². The van der Waals surface area contributed by atoms with Gasteiger partial charge in [-0.25, -0.2) is 9.47 Å². The van der Waals surface area contributed by atoms with Gasteiger partial charge in [-0.05, 0) is 24.6 Å². The van der Waals surface area contributed by atoms with Crippen LogP contribution in [0.4, 0.5) is 5.82 Å². The molecular formula is C17H22N3+. The van der Waals surface area contributed by atoms with Gasteiger partial charge in [0.15, 0.2) is 0 Å². The van der Waals surface area contributed by atoms with Crippen LogP contribution in [-0.2, 0) is 19.5 Å². The van der Waals surface area contributed by atoms with Gasteiger partial charge in [-0.1, -0.05) is 13.0 Å². The van der Waals surface area contributed by atoms with E-state index in [0.717, 1.165) is 0 Å². The topological polar surface area (TPSA) is 12.1 Å². The summed E-state index contributed by atoms with van der Waals surface area (Å²) in [7, 11) is 4.32. The third-order valence-electron chi connectivity index (χ3n) is 5.64. The Kier molecular flexibility index (Phi) is 2.20. The first-order valence-electron chi connectivity index (χ1n) is 7.43. The molecule has 3 unspecified atom stereocenters. The van der Waals surface area contributed by atoms with Crippen LogP contribution in [-0.4, -0.2) is 10.6 Å². The Morgan fingerprint density at radius 3 is 2.85 bits per heavy atom. The molecule has 0 aromatic carbocycles. The van der Waals surface area contributed by atoms with Crippen LogP contribution in [0.25, 0.3) is 0 Å². The third kappa shape index (κ3) is 1.23. The van der Waals surface area contributed by atoms with Crippen LogP contribution in [0.15, 0.2) is 36.7 Å². The van der Waals surface area contributed by atoms with Crippen LogP contribution in [0, 0.1) is 0 Å². The second-order valence-corrected chi connectivity index (χ2v) is 6.62. The minimum atomic E-state index is 0.282. The Balaban J connectivity index is 1.90. The lowest BCUT2D eigenvalue weighted by atomic mass is 9.80. The molecule has 0 amide bonds. The molecule has 3 heteroatoms. The second-order valence-electron chi connectivity index (χ2n) is 6.62. The first kappa shape index (κ1) is 12.0. The summed E-state index contributed by atoms with van der Waals surface area (Å²) in [6, 6.07) is 9.85. The van der Waals surface area contributed by atoms with Gasteiger partial charge in [0.25, 0.3) is 5.82 Å². The highest BCUT2D eigenvalue weighted by molar-refractivity contribution is 5.55. The van der Waals surface area contributed by atoms with Crippen molar-refractivity contribution in [3.05, 3.63) is 47.9 Å². The van der Waals surface area contributed by atoms with Crippen LogP contribution in [0.1, 0.15) is 37.6 Å². The fourth-order valence-electron chi connectivity index (χ4n) is 4.39. The fraction of sp³-hybridized carbons (Fsp3) is 0.471. The lowest BCUT2D eigenvalue weighted by molar-refractivity contribution is -0.659. The minimum Gasteiger partial charge on any atom is -0.351 e. The van der Waals surface area contributed by atoms with Crippen molar-refractivity contribution in [1.82, 2.24) is 4.57 Å². The van der Waals surface area contributed by atoms with Gasteiger partial charge < -0.3 is 4.57 Å². The van der Waals surface area contributed by atoms with Gasteiger partial charge in [-0.2, -0.15) is 0 Å². The van der Waals surface area contributed by atoms with Crippen LogP contribution in [0.5, 0.6) is 0 Å². The van der Waals surface area contributed by atoms with Gasteiger partial charge >= 0.3 is 0 Å². The first-order valence-corrected chi connectivity index (χ1v) is 7.43. The maximum Gasteiger partial charge on any atom is 0.277 e. The average molecular weight is 268 g/mol.